The first kappa shape index (κ1) is 45.8. The van der Waals surface area contributed by atoms with Gasteiger partial charge in [-0.25, -0.2) is 0 Å². The van der Waals surface area contributed by atoms with Crippen molar-refractivity contribution in [2.45, 2.75) is 13.8 Å². The predicted octanol–water partition coefficient (Wildman–Crippen LogP) is 6.30. The van der Waals surface area contributed by atoms with E-state index < -0.39 is 27.8 Å². The smallest absolute Gasteiger partial charge is 0.550 e. The molecule has 284 valence electrons. The van der Waals surface area contributed by atoms with Gasteiger partial charge in [0.25, 0.3) is 0 Å². The first-order chi connectivity index (χ1) is 26.3. The second-order valence-corrected chi connectivity index (χ2v) is 16.2. The summed E-state index contributed by atoms with van der Waals surface area (Å²) in [7, 11) is -1.15. The summed E-state index contributed by atoms with van der Waals surface area (Å²) in [6.07, 6.45) is 0. The van der Waals surface area contributed by atoms with E-state index in [1.807, 2.05) is 12.1 Å². The maximum atomic E-state index is 8.89. The van der Waals surface area contributed by atoms with Crippen molar-refractivity contribution in [3.8, 4) is 0 Å². The third-order valence-corrected chi connectivity index (χ3v) is 12.9. The molecule has 0 spiro atoms. The molecular formula is C48H38O4P2Pd2. The van der Waals surface area contributed by atoms with Crippen molar-refractivity contribution >= 4 is 81.2 Å². The molecule has 0 amide bonds. The molecule has 0 fully saturated rings. The minimum absolute atomic E-state index is 0. The molecular weight excluding hydrogens is 915 g/mol. The second kappa shape index (κ2) is 24.1. The van der Waals surface area contributed by atoms with E-state index in [-0.39, 0.29) is 40.8 Å². The van der Waals surface area contributed by atoms with Crippen molar-refractivity contribution < 1.29 is 60.6 Å². The molecule has 0 aliphatic rings. The Bertz CT molecular complexity index is 2110. The van der Waals surface area contributed by atoms with Crippen LogP contribution in [0, 0.1) is 12.1 Å². The van der Waals surface area contributed by atoms with Crippen LogP contribution in [-0.2, 0) is 50.4 Å². The number of carbonyl (C=O) groups excluding carboxylic acids is 2. The van der Waals surface area contributed by atoms with Gasteiger partial charge in [0.05, 0.1) is 0 Å². The number of carboxylic acid groups (broad SMARTS) is 2. The van der Waals surface area contributed by atoms with Gasteiger partial charge in [0.1, 0.15) is 0 Å². The van der Waals surface area contributed by atoms with Gasteiger partial charge in [0.2, 0.25) is 0 Å². The molecule has 0 bridgehead atoms. The van der Waals surface area contributed by atoms with Gasteiger partial charge in [0, 0.05) is 11.9 Å². The average molecular weight is 954 g/mol. The summed E-state index contributed by atoms with van der Waals surface area (Å²) in [5.41, 5.74) is 0. The van der Waals surface area contributed by atoms with Crippen LogP contribution in [0.15, 0.2) is 194 Å². The fourth-order valence-corrected chi connectivity index (χ4v) is 10.7. The van der Waals surface area contributed by atoms with Gasteiger partial charge < -0.3 is 19.8 Å². The summed E-state index contributed by atoms with van der Waals surface area (Å²) in [4.78, 5) is 17.8. The predicted molar refractivity (Wildman–Crippen MR) is 224 cm³/mol. The Kier molecular flexibility index (Phi) is 19.7. The molecule has 0 saturated carbocycles. The molecule has 0 N–H and O–H groups in total. The van der Waals surface area contributed by atoms with E-state index in [0.29, 0.717) is 0 Å². The Morgan fingerprint density at radius 3 is 0.911 bits per heavy atom. The molecule has 8 aromatic rings. The van der Waals surface area contributed by atoms with Crippen LogP contribution in [0.1, 0.15) is 13.8 Å². The quantitative estimate of drug-likeness (QED) is 0.111. The molecule has 0 aromatic heterocycles. The number of fused-ring (bicyclic) bond motifs is 2. The number of aliphatic carboxylic acids is 2. The summed E-state index contributed by atoms with van der Waals surface area (Å²) < 4.78 is 0. The van der Waals surface area contributed by atoms with Crippen molar-refractivity contribution in [1.29, 1.82) is 0 Å². The zero-order chi connectivity index (χ0) is 38.1. The minimum atomic E-state index is -1.08. The summed E-state index contributed by atoms with van der Waals surface area (Å²) in [5, 5.41) is 31.0. The Morgan fingerprint density at radius 1 is 0.393 bits per heavy atom. The van der Waals surface area contributed by atoms with Crippen molar-refractivity contribution in [2.75, 3.05) is 0 Å². The molecule has 4 nitrogen and oxygen atoms in total. The SMILES string of the molecule is CC(=O)[O-].CC(=O)[O-].[Pd+2].[Pd+2].[c-]1cccc2cccc(P(c3ccccc3)c3ccccc3)c12.[c-]1cccc2cccc(P(c3ccccc3)c3ccccc3)c12. The number of hydrogen-bond donors (Lipinski definition) is 0. The Hall–Kier alpha value is -4.60. The number of carboxylic acids is 2. The second-order valence-electron chi connectivity index (χ2n) is 11.8. The molecule has 0 aliphatic heterocycles. The van der Waals surface area contributed by atoms with E-state index in [4.69, 9.17) is 19.8 Å². The molecule has 8 rings (SSSR count). The van der Waals surface area contributed by atoms with Gasteiger partial charge in [-0.15, -0.1) is 70.1 Å². The Morgan fingerprint density at radius 2 is 0.643 bits per heavy atom. The Labute approximate surface area is 359 Å². The van der Waals surface area contributed by atoms with Crippen molar-refractivity contribution in [3.05, 3.63) is 206 Å². The van der Waals surface area contributed by atoms with Crippen molar-refractivity contribution in [2.24, 2.45) is 0 Å². The molecule has 0 radical (unpaired) electrons. The number of hydrogen-bond acceptors (Lipinski definition) is 4. The molecule has 0 heterocycles. The van der Waals surface area contributed by atoms with Gasteiger partial charge >= 0.3 is 40.8 Å². The van der Waals surface area contributed by atoms with E-state index in [9.17, 15) is 0 Å². The molecule has 0 aliphatic carbocycles. The number of benzene rings is 8. The van der Waals surface area contributed by atoms with Crippen LogP contribution in [0.25, 0.3) is 21.5 Å². The van der Waals surface area contributed by atoms with Gasteiger partial charge in [-0.1, -0.05) is 184 Å². The third-order valence-electron chi connectivity index (χ3n) is 7.89. The third kappa shape index (κ3) is 13.3. The van der Waals surface area contributed by atoms with Crippen molar-refractivity contribution in [1.82, 2.24) is 0 Å². The number of rotatable bonds is 6. The summed E-state index contributed by atoms with van der Waals surface area (Å²) >= 11 is 0. The summed E-state index contributed by atoms with van der Waals surface area (Å²) in [6, 6.07) is 75.8. The number of carbonyl (C=O) groups is 2. The van der Waals surface area contributed by atoms with Crippen molar-refractivity contribution in [3.63, 3.8) is 0 Å². The maximum Gasteiger partial charge on any atom is 2.00 e. The molecule has 8 aromatic carbocycles. The first-order valence-electron chi connectivity index (χ1n) is 17.3. The van der Waals surface area contributed by atoms with Crippen LogP contribution in [0.5, 0.6) is 0 Å². The van der Waals surface area contributed by atoms with E-state index in [2.05, 4.69) is 194 Å². The standard InChI is InChI=1S/2C22H16P.2C2H4O2.2Pd/c2*1-3-12-19(13-4-1)23(20-14-5-2-6-15-20)22-17-9-11-18-10-7-8-16-21(18)22;2*1-2(3)4;;/h2*1-15,17H;2*1H3,(H,3,4);;/q2*-1;;;2*+2/p-2. The Balaban J connectivity index is 0.000000245. The van der Waals surface area contributed by atoms with Crippen LogP contribution in [-0.4, -0.2) is 11.9 Å². The topological polar surface area (TPSA) is 80.3 Å². The van der Waals surface area contributed by atoms with E-state index >= 15 is 0 Å². The molecule has 0 saturated heterocycles. The minimum Gasteiger partial charge on any atom is -0.550 e. The van der Waals surface area contributed by atoms with Crippen LogP contribution in [0.4, 0.5) is 0 Å². The van der Waals surface area contributed by atoms with Gasteiger partial charge in [-0.3, -0.25) is 0 Å². The summed E-state index contributed by atoms with van der Waals surface area (Å²) in [5.74, 6) is -2.17. The van der Waals surface area contributed by atoms with E-state index in [1.165, 1.54) is 53.4 Å². The normalized spacial score (nSPS) is 9.93. The average Bonchev–Trinajstić information content (AvgIpc) is 3.20. The van der Waals surface area contributed by atoms with Gasteiger partial charge in [-0.2, -0.15) is 0 Å². The molecule has 8 heteroatoms. The summed E-state index contributed by atoms with van der Waals surface area (Å²) in [6.45, 7) is 1.94. The zero-order valence-electron chi connectivity index (χ0n) is 30.6. The largest absolute Gasteiger partial charge is 2.00 e. The van der Waals surface area contributed by atoms with Crippen LogP contribution in [0.2, 0.25) is 0 Å². The van der Waals surface area contributed by atoms with Gasteiger partial charge in [0.15, 0.2) is 0 Å². The maximum absolute atomic E-state index is 8.89. The molecule has 0 atom stereocenters. The molecule has 0 unspecified atom stereocenters. The molecule has 56 heavy (non-hydrogen) atoms. The fraction of sp³-hybridized carbons (Fsp3) is 0.0417. The first-order valence-corrected chi connectivity index (χ1v) is 20.0. The van der Waals surface area contributed by atoms with E-state index in [1.54, 1.807) is 0 Å². The van der Waals surface area contributed by atoms with Crippen LogP contribution < -0.4 is 42.0 Å². The van der Waals surface area contributed by atoms with Crippen LogP contribution in [0.3, 0.4) is 0 Å². The zero-order valence-corrected chi connectivity index (χ0v) is 35.5. The monoisotopic (exact) mass is 952 g/mol. The van der Waals surface area contributed by atoms with Crippen LogP contribution >= 0.6 is 15.8 Å². The van der Waals surface area contributed by atoms with Gasteiger partial charge in [-0.05, 0) is 35.1 Å². The van der Waals surface area contributed by atoms with E-state index in [0.717, 1.165) is 13.8 Å². The fourth-order valence-electron chi connectivity index (χ4n) is 5.81.